The number of fused-ring (bicyclic) bond motifs is 9. The molecule has 2 aromatic carbocycles. The zero-order chi connectivity index (χ0) is 45.3. The Kier molecular flexibility index (Phi) is 11.4. The van der Waals surface area contributed by atoms with Gasteiger partial charge in [-0.25, -0.2) is 4.79 Å². The van der Waals surface area contributed by atoms with Crippen molar-refractivity contribution in [2.75, 3.05) is 19.7 Å². The molecule has 8 atom stereocenters. The summed E-state index contributed by atoms with van der Waals surface area (Å²) in [7, 11) is 0. The first-order chi connectivity index (χ1) is 31.5. The van der Waals surface area contributed by atoms with Gasteiger partial charge in [-0.05, 0) is 135 Å². The van der Waals surface area contributed by atoms with E-state index >= 15 is 0 Å². The van der Waals surface area contributed by atoms with E-state index in [2.05, 4.69) is 41.2 Å². The average Bonchev–Trinajstić information content (AvgIpc) is 3.76. The second-order valence-corrected chi connectivity index (χ2v) is 19.4. The molecule has 1 aromatic heterocycles. The minimum Gasteiger partial charge on any atom is -0.508 e. The van der Waals surface area contributed by atoms with Crippen LogP contribution in [0.5, 0.6) is 17.2 Å². The van der Waals surface area contributed by atoms with Gasteiger partial charge in [0.05, 0.1) is 12.8 Å². The summed E-state index contributed by atoms with van der Waals surface area (Å²) < 4.78 is 21.1. The van der Waals surface area contributed by atoms with Gasteiger partial charge in [-0.15, -0.1) is 0 Å². The molecular weight excluding hydrogens is 825 g/mol. The number of aliphatic hydroxyl groups is 2. The number of hydrogen-bond donors (Lipinski definition) is 8. The first-order valence-electron chi connectivity index (χ1n) is 23.7. The number of phenols is 2. The predicted molar refractivity (Wildman–Crippen MR) is 246 cm³/mol. The Morgan fingerprint density at radius 2 is 1.89 bits per heavy atom. The van der Waals surface area contributed by atoms with Gasteiger partial charge in [0.1, 0.15) is 58.1 Å². The van der Waals surface area contributed by atoms with Crippen molar-refractivity contribution in [1.82, 2.24) is 16.0 Å². The van der Waals surface area contributed by atoms with Gasteiger partial charge in [0.2, 0.25) is 0 Å². The number of hydrogen-bond acceptors (Lipinski definition) is 13. The molecular formula is C52H62N4O9. The van der Waals surface area contributed by atoms with Crippen LogP contribution in [0.2, 0.25) is 0 Å². The molecule has 0 radical (unpaired) electrons. The average molecular weight is 887 g/mol. The maximum Gasteiger partial charge on any atom is 0.334 e. The number of carbonyl (C=O) groups excluding carboxylic acids is 1. The lowest BCUT2D eigenvalue weighted by atomic mass is 9.61. The number of nitrogens with two attached hydrogens (primary N) is 1. The first-order valence-corrected chi connectivity index (χ1v) is 23.7. The number of rotatable bonds is 7. The third-order valence-electron chi connectivity index (χ3n) is 16.1. The molecule has 0 amide bonds. The first kappa shape index (κ1) is 43.4. The molecule has 0 saturated heterocycles. The molecule has 4 aliphatic heterocycles. The standard InChI is InChI=1S/C52H62N4O9/c1-4-32(26-8-6-7-9-26)51(62)64-41-22-37-47(61)45-40(60)21-31(24-57)63-49(45)46-43-35-16-17-55-50(53)44(35)34(15-11-27-10-13-30(59)20-36(27)38(43)25-58)33-14-12-28-19-42(54-5-2)56-23-29(28)18-39(33)52(41,3)65-48(37)46/h4,10,13,16,19-21,23,26,33-34,38-39,41-43,54-59,61H,5-9,11-12,14-15,17-18,22,24-25,53H2,1-3H3. The van der Waals surface area contributed by atoms with E-state index < -0.39 is 41.5 Å². The van der Waals surface area contributed by atoms with Crippen LogP contribution in [-0.4, -0.2) is 64.0 Å². The maximum atomic E-state index is 14.7. The molecule has 7 aliphatic rings. The highest BCUT2D eigenvalue weighted by atomic mass is 16.6. The largest absolute Gasteiger partial charge is 0.508 e. The maximum absolute atomic E-state index is 14.7. The Morgan fingerprint density at radius 3 is 2.65 bits per heavy atom. The van der Waals surface area contributed by atoms with E-state index in [9.17, 15) is 30.0 Å². The van der Waals surface area contributed by atoms with E-state index in [-0.39, 0.29) is 76.8 Å². The number of ether oxygens (including phenoxy) is 2. The van der Waals surface area contributed by atoms with Crippen LogP contribution in [0.15, 0.2) is 91.6 Å². The minimum absolute atomic E-state index is 0.00350. The predicted octanol–water partition coefficient (Wildman–Crippen LogP) is 6.34. The fraction of sp³-hybridized carbons (Fsp3) is 0.500. The second kappa shape index (κ2) is 17.1. The van der Waals surface area contributed by atoms with Crippen LogP contribution in [-0.2, 0) is 29.0 Å². The highest BCUT2D eigenvalue weighted by Gasteiger charge is 2.58. The molecule has 13 nitrogen and oxygen atoms in total. The minimum atomic E-state index is -1.24. The van der Waals surface area contributed by atoms with Gasteiger partial charge in [0, 0.05) is 59.7 Å². The van der Waals surface area contributed by atoms with Gasteiger partial charge in [-0.2, -0.15) is 0 Å². The molecule has 344 valence electrons. The van der Waals surface area contributed by atoms with Crippen molar-refractivity contribution in [3.8, 4) is 17.2 Å². The zero-order valence-corrected chi connectivity index (χ0v) is 37.5. The summed E-state index contributed by atoms with van der Waals surface area (Å²) in [6, 6.07) is 6.52. The number of aryl methyl sites for hydroxylation is 1. The summed E-state index contributed by atoms with van der Waals surface area (Å²) in [5.74, 6) is -1.93. The Labute approximate surface area is 379 Å². The molecule has 8 unspecified atom stereocenters. The lowest BCUT2D eigenvalue weighted by Gasteiger charge is -2.52. The summed E-state index contributed by atoms with van der Waals surface area (Å²) in [5.41, 5.74) is 12.7. The number of carbonyl (C=O) groups is 1. The number of allylic oxidation sites excluding steroid dienone is 5. The van der Waals surface area contributed by atoms with Gasteiger partial charge < -0.3 is 50.7 Å². The van der Waals surface area contributed by atoms with Crippen molar-refractivity contribution >= 4 is 16.9 Å². The zero-order valence-electron chi connectivity index (χ0n) is 37.5. The van der Waals surface area contributed by atoms with Gasteiger partial charge in [0.25, 0.3) is 0 Å². The number of aliphatic hydroxyl groups excluding tert-OH is 2. The number of dihydropyridines is 2. The molecule has 13 heteroatoms. The summed E-state index contributed by atoms with van der Waals surface area (Å²) in [6.45, 7) is 6.25. The molecule has 2 saturated carbocycles. The van der Waals surface area contributed by atoms with Gasteiger partial charge in [-0.1, -0.05) is 38.0 Å². The summed E-state index contributed by atoms with van der Waals surface area (Å²) >= 11 is 0. The molecule has 3 aliphatic carbocycles. The fourth-order valence-corrected chi connectivity index (χ4v) is 13.0. The Bertz CT molecular complexity index is 2650. The van der Waals surface area contributed by atoms with Crippen LogP contribution in [0.3, 0.4) is 0 Å². The van der Waals surface area contributed by atoms with E-state index in [0.29, 0.717) is 48.3 Å². The molecule has 9 N–H and O–H groups in total. The van der Waals surface area contributed by atoms with E-state index in [1.807, 2.05) is 26.0 Å². The molecule has 65 heavy (non-hydrogen) atoms. The highest BCUT2D eigenvalue weighted by Crippen LogP contribution is 2.61. The third-order valence-corrected chi connectivity index (χ3v) is 16.1. The van der Waals surface area contributed by atoms with Crippen LogP contribution in [0.4, 0.5) is 0 Å². The van der Waals surface area contributed by atoms with Crippen LogP contribution >= 0.6 is 0 Å². The number of benzene rings is 2. The second-order valence-electron chi connectivity index (χ2n) is 19.4. The van der Waals surface area contributed by atoms with Gasteiger partial charge in [0.15, 0.2) is 5.43 Å². The summed E-state index contributed by atoms with van der Waals surface area (Å²) in [6.07, 6.45) is 14.8. The van der Waals surface area contributed by atoms with Gasteiger partial charge >= 0.3 is 5.97 Å². The third kappa shape index (κ3) is 7.16. The molecule has 5 heterocycles. The van der Waals surface area contributed by atoms with Crippen LogP contribution < -0.4 is 31.8 Å². The fourth-order valence-electron chi connectivity index (χ4n) is 13.0. The van der Waals surface area contributed by atoms with Crippen LogP contribution in [0.1, 0.15) is 112 Å². The summed E-state index contributed by atoms with van der Waals surface area (Å²) in [4.78, 5) is 29.1. The van der Waals surface area contributed by atoms with Crippen molar-refractivity contribution < 1.29 is 39.1 Å². The smallest absolute Gasteiger partial charge is 0.334 e. The van der Waals surface area contributed by atoms with Crippen molar-refractivity contribution in [2.45, 2.75) is 121 Å². The number of nitrogens with one attached hydrogen (secondary N) is 3. The van der Waals surface area contributed by atoms with E-state index in [1.165, 1.54) is 11.6 Å². The van der Waals surface area contributed by atoms with Crippen molar-refractivity contribution in [3.63, 3.8) is 0 Å². The van der Waals surface area contributed by atoms with Crippen molar-refractivity contribution in [3.05, 3.63) is 121 Å². The Balaban J connectivity index is 1.31. The number of phenolic OH excluding ortho intramolecular Hbond substituents is 2. The Morgan fingerprint density at radius 1 is 1.08 bits per heavy atom. The molecule has 0 spiro atoms. The number of esters is 1. The van der Waals surface area contributed by atoms with E-state index in [4.69, 9.17) is 19.6 Å². The summed E-state index contributed by atoms with van der Waals surface area (Å²) in [5, 5.41) is 56.4. The topological polar surface area (TPSA) is 209 Å². The normalized spacial score (nSPS) is 29.7. The number of aromatic hydroxyl groups is 2. The lowest BCUT2D eigenvalue weighted by molar-refractivity contribution is -0.169. The highest BCUT2D eigenvalue weighted by molar-refractivity contribution is 5.92. The van der Waals surface area contributed by atoms with Crippen molar-refractivity contribution in [2.24, 2.45) is 29.4 Å². The van der Waals surface area contributed by atoms with E-state index in [0.717, 1.165) is 72.9 Å². The van der Waals surface area contributed by atoms with Crippen molar-refractivity contribution in [1.29, 1.82) is 0 Å². The number of likely N-dealkylation sites (N-methyl/N-ethyl adjacent to an activating group) is 1. The lowest BCUT2D eigenvalue weighted by Crippen LogP contribution is -2.59. The molecule has 2 fully saturated rings. The molecule has 3 aromatic rings. The molecule has 10 rings (SSSR count). The van der Waals surface area contributed by atoms with Crippen LogP contribution in [0.25, 0.3) is 11.0 Å². The quantitative estimate of drug-likeness (QED) is 0.0964. The van der Waals surface area contributed by atoms with Crippen LogP contribution in [0, 0.1) is 23.7 Å². The van der Waals surface area contributed by atoms with E-state index in [1.54, 1.807) is 12.1 Å². The monoisotopic (exact) mass is 886 g/mol. The molecule has 4 bridgehead atoms. The van der Waals surface area contributed by atoms with Gasteiger partial charge in [-0.3, -0.25) is 10.1 Å². The Hall–Kier alpha value is -5.50. The SMILES string of the molecule is CC=C(C(=O)OC1Cc2c3c(c4oc(CO)cc(=O)c4c2O)C2C4=CCNC(N)=C4C(CCc4ccc(O)cc4C2CO)C2CCC4=CC(NCC)NC=C4CC2C1(C)O3)C1CCCC1.